The van der Waals surface area contributed by atoms with Crippen molar-refractivity contribution in [3.8, 4) is 0 Å². The van der Waals surface area contributed by atoms with Crippen LogP contribution in [0.5, 0.6) is 0 Å². The molecule has 0 unspecified atom stereocenters. The average Bonchev–Trinajstić information content (AvgIpc) is 2.99. The molecule has 3 rings (SSSR count). The summed E-state index contributed by atoms with van der Waals surface area (Å²) in [4.78, 5) is 2.60. The number of halogens is 1. The summed E-state index contributed by atoms with van der Waals surface area (Å²) in [7, 11) is 0. The van der Waals surface area contributed by atoms with Gasteiger partial charge in [-0.15, -0.1) is 0 Å². The highest BCUT2D eigenvalue weighted by molar-refractivity contribution is 9.10. The molecule has 0 radical (unpaired) electrons. The standard InChI is InChI=1S/C12H14BrN/c13-10-3-6-12-9(8-10)2-1-7-14(12)11-4-5-11/h3,6,8,11H,1-2,4-5,7H2. The summed E-state index contributed by atoms with van der Waals surface area (Å²) < 4.78 is 1.22. The van der Waals surface area contributed by atoms with E-state index in [1.165, 1.54) is 48.0 Å². The normalized spacial score (nSPS) is 20.8. The Morgan fingerprint density at radius 1 is 1.29 bits per heavy atom. The molecule has 1 fully saturated rings. The topological polar surface area (TPSA) is 3.24 Å². The van der Waals surface area contributed by atoms with Crippen LogP contribution in [0.1, 0.15) is 24.8 Å². The molecule has 14 heavy (non-hydrogen) atoms. The quantitative estimate of drug-likeness (QED) is 0.740. The highest BCUT2D eigenvalue weighted by atomic mass is 79.9. The molecule has 0 atom stereocenters. The van der Waals surface area contributed by atoms with Gasteiger partial charge in [-0.1, -0.05) is 15.9 Å². The first-order chi connectivity index (χ1) is 6.84. The van der Waals surface area contributed by atoms with Crippen molar-refractivity contribution in [2.75, 3.05) is 11.4 Å². The van der Waals surface area contributed by atoms with E-state index in [1.807, 2.05) is 0 Å². The van der Waals surface area contributed by atoms with Gasteiger partial charge in [-0.25, -0.2) is 0 Å². The Morgan fingerprint density at radius 3 is 2.93 bits per heavy atom. The summed E-state index contributed by atoms with van der Waals surface area (Å²) in [5, 5.41) is 0. The third-order valence-electron chi connectivity index (χ3n) is 3.18. The minimum Gasteiger partial charge on any atom is -0.368 e. The number of fused-ring (bicyclic) bond motifs is 1. The van der Waals surface area contributed by atoms with Gasteiger partial charge in [0.2, 0.25) is 0 Å². The maximum absolute atomic E-state index is 3.54. The third-order valence-corrected chi connectivity index (χ3v) is 3.68. The molecule has 1 nitrogen and oxygen atoms in total. The van der Waals surface area contributed by atoms with Crippen LogP contribution in [0.15, 0.2) is 22.7 Å². The molecule has 74 valence electrons. The molecule has 0 aromatic heterocycles. The molecular formula is C12H14BrN. The second-order valence-corrected chi connectivity index (χ2v) is 5.22. The van der Waals surface area contributed by atoms with Crippen molar-refractivity contribution >= 4 is 21.6 Å². The van der Waals surface area contributed by atoms with Crippen molar-refractivity contribution in [3.63, 3.8) is 0 Å². The molecule has 1 heterocycles. The molecule has 2 aliphatic rings. The van der Waals surface area contributed by atoms with Gasteiger partial charge in [0.25, 0.3) is 0 Å². The van der Waals surface area contributed by atoms with Crippen LogP contribution in [0.25, 0.3) is 0 Å². The second kappa shape index (κ2) is 3.27. The SMILES string of the molecule is Brc1ccc2c(c1)CCCN2C1CC1. The molecule has 2 heteroatoms. The van der Waals surface area contributed by atoms with Crippen LogP contribution in [-0.4, -0.2) is 12.6 Å². The molecule has 1 aromatic carbocycles. The van der Waals surface area contributed by atoms with Crippen molar-refractivity contribution in [1.82, 2.24) is 0 Å². The van der Waals surface area contributed by atoms with Crippen molar-refractivity contribution in [2.45, 2.75) is 31.7 Å². The lowest BCUT2D eigenvalue weighted by molar-refractivity contribution is 0.688. The summed E-state index contributed by atoms with van der Waals surface area (Å²) in [6.07, 6.45) is 5.36. The largest absolute Gasteiger partial charge is 0.368 e. The van der Waals surface area contributed by atoms with Crippen molar-refractivity contribution < 1.29 is 0 Å². The summed E-state index contributed by atoms with van der Waals surface area (Å²) in [5.41, 5.74) is 3.01. The van der Waals surface area contributed by atoms with Crippen molar-refractivity contribution in [1.29, 1.82) is 0 Å². The molecule has 1 aliphatic carbocycles. The van der Waals surface area contributed by atoms with Gasteiger partial charge in [-0.2, -0.15) is 0 Å². The van der Waals surface area contributed by atoms with Gasteiger partial charge in [-0.3, -0.25) is 0 Å². The molecule has 0 saturated heterocycles. The second-order valence-electron chi connectivity index (χ2n) is 4.30. The van der Waals surface area contributed by atoms with E-state index in [2.05, 4.69) is 39.0 Å². The molecule has 0 amide bonds. The summed E-state index contributed by atoms with van der Waals surface area (Å²) in [5.74, 6) is 0. The Labute approximate surface area is 93.2 Å². The smallest absolute Gasteiger partial charge is 0.0402 e. The zero-order chi connectivity index (χ0) is 9.54. The van der Waals surface area contributed by atoms with E-state index in [9.17, 15) is 0 Å². The van der Waals surface area contributed by atoms with E-state index >= 15 is 0 Å². The van der Waals surface area contributed by atoms with Gasteiger partial charge in [0, 0.05) is 22.7 Å². The fraction of sp³-hybridized carbons (Fsp3) is 0.500. The zero-order valence-electron chi connectivity index (χ0n) is 8.17. The Hall–Kier alpha value is -0.500. The lowest BCUT2D eigenvalue weighted by Gasteiger charge is -2.31. The predicted molar refractivity (Wildman–Crippen MR) is 62.8 cm³/mol. The average molecular weight is 252 g/mol. The highest BCUT2D eigenvalue weighted by Crippen LogP contribution is 2.37. The summed E-state index contributed by atoms with van der Waals surface area (Å²) >= 11 is 3.54. The maximum atomic E-state index is 3.54. The van der Waals surface area contributed by atoms with Gasteiger partial charge in [0.05, 0.1) is 0 Å². The van der Waals surface area contributed by atoms with E-state index in [-0.39, 0.29) is 0 Å². The van der Waals surface area contributed by atoms with E-state index < -0.39 is 0 Å². The van der Waals surface area contributed by atoms with Crippen LogP contribution in [0.4, 0.5) is 5.69 Å². The van der Waals surface area contributed by atoms with Crippen molar-refractivity contribution in [2.24, 2.45) is 0 Å². The molecule has 1 aliphatic heterocycles. The van der Waals surface area contributed by atoms with Gasteiger partial charge >= 0.3 is 0 Å². The number of anilines is 1. The van der Waals surface area contributed by atoms with Crippen LogP contribution >= 0.6 is 15.9 Å². The first kappa shape index (κ1) is 8.78. The van der Waals surface area contributed by atoms with Crippen LogP contribution < -0.4 is 4.90 Å². The summed E-state index contributed by atoms with van der Waals surface area (Å²) in [6, 6.07) is 7.58. The fourth-order valence-electron chi connectivity index (χ4n) is 2.36. The lowest BCUT2D eigenvalue weighted by atomic mass is 10.0. The first-order valence-electron chi connectivity index (χ1n) is 5.40. The third kappa shape index (κ3) is 1.46. The van der Waals surface area contributed by atoms with Crippen molar-refractivity contribution in [3.05, 3.63) is 28.2 Å². The minimum absolute atomic E-state index is 0.857. The van der Waals surface area contributed by atoms with E-state index in [0.29, 0.717) is 0 Å². The fourth-order valence-corrected chi connectivity index (χ4v) is 2.77. The van der Waals surface area contributed by atoms with E-state index in [4.69, 9.17) is 0 Å². The Morgan fingerprint density at radius 2 is 2.14 bits per heavy atom. The lowest BCUT2D eigenvalue weighted by Crippen LogP contribution is -2.31. The molecule has 1 saturated carbocycles. The molecule has 0 bridgehead atoms. The number of hydrogen-bond acceptors (Lipinski definition) is 1. The maximum Gasteiger partial charge on any atom is 0.0402 e. The Balaban J connectivity index is 2.01. The number of hydrogen-bond donors (Lipinski definition) is 0. The van der Waals surface area contributed by atoms with Gasteiger partial charge in [0.15, 0.2) is 0 Å². The molecule has 1 aromatic rings. The number of nitrogens with zero attached hydrogens (tertiary/aromatic N) is 1. The molecular weight excluding hydrogens is 238 g/mol. The first-order valence-corrected chi connectivity index (χ1v) is 6.19. The Kier molecular flexibility index (Phi) is 2.05. The van der Waals surface area contributed by atoms with Gasteiger partial charge in [-0.05, 0) is 49.4 Å². The number of rotatable bonds is 1. The van der Waals surface area contributed by atoms with Crippen LogP contribution in [0, 0.1) is 0 Å². The van der Waals surface area contributed by atoms with Crippen LogP contribution in [0.3, 0.4) is 0 Å². The van der Waals surface area contributed by atoms with E-state index in [0.717, 1.165) is 6.04 Å². The minimum atomic E-state index is 0.857. The predicted octanol–water partition coefficient (Wildman–Crippen LogP) is 3.36. The van der Waals surface area contributed by atoms with Gasteiger partial charge in [0.1, 0.15) is 0 Å². The highest BCUT2D eigenvalue weighted by Gasteiger charge is 2.31. The van der Waals surface area contributed by atoms with E-state index in [1.54, 1.807) is 0 Å². The Bertz CT molecular complexity index is 357. The van der Waals surface area contributed by atoms with Crippen LogP contribution in [0.2, 0.25) is 0 Å². The van der Waals surface area contributed by atoms with Crippen LogP contribution in [-0.2, 0) is 6.42 Å². The number of aryl methyl sites for hydroxylation is 1. The molecule has 0 spiro atoms. The molecule has 0 N–H and O–H groups in total. The van der Waals surface area contributed by atoms with Gasteiger partial charge < -0.3 is 4.90 Å². The number of benzene rings is 1. The monoisotopic (exact) mass is 251 g/mol. The zero-order valence-corrected chi connectivity index (χ0v) is 9.76. The summed E-state index contributed by atoms with van der Waals surface area (Å²) in [6.45, 7) is 1.26.